The minimum atomic E-state index is -0.899. The summed E-state index contributed by atoms with van der Waals surface area (Å²) in [5.74, 6) is -1.27. The van der Waals surface area contributed by atoms with Crippen molar-refractivity contribution in [1.82, 2.24) is 5.43 Å². The monoisotopic (exact) mass is 502 g/mol. The molecule has 0 saturated heterocycles. The van der Waals surface area contributed by atoms with Gasteiger partial charge >= 0.3 is 11.8 Å². The Labute approximate surface area is 215 Å². The van der Waals surface area contributed by atoms with Crippen LogP contribution in [0.5, 0.6) is 11.5 Å². The summed E-state index contributed by atoms with van der Waals surface area (Å²) < 4.78 is 11.0. The van der Waals surface area contributed by atoms with Gasteiger partial charge in [-0.25, -0.2) is 5.43 Å². The van der Waals surface area contributed by atoms with E-state index in [0.717, 1.165) is 28.8 Å². The van der Waals surface area contributed by atoms with E-state index in [9.17, 15) is 14.4 Å². The predicted molar refractivity (Wildman–Crippen MR) is 143 cm³/mol. The van der Waals surface area contributed by atoms with Gasteiger partial charge in [0, 0.05) is 11.4 Å². The highest BCUT2D eigenvalue weighted by molar-refractivity contribution is 6.39. The zero-order valence-electron chi connectivity index (χ0n) is 21.3. The number of carbonyl (C=O) groups is 3. The molecule has 0 aromatic heterocycles. The number of ether oxygens (including phenoxy) is 2. The van der Waals surface area contributed by atoms with Crippen molar-refractivity contribution >= 4 is 35.3 Å². The zero-order chi connectivity index (χ0) is 26.8. The van der Waals surface area contributed by atoms with E-state index in [1.807, 2.05) is 51.1 Å². The van der Waals surface area contributed by atoms with E-state index in [0.29, 0.717) is 22.7 Å². The number of carbonyl (C=O) groups excluding carboxylic acids is 3. The highest BCUT2D eigenvalue weighted by Crippen LogP contribution is 2.27. The Kier molecular flexibility index (Phi) is 9.37. The molecule has 0 aliphatic carbocycles. The number of amides is 3. The first-order valence-corrected chi connectivity index (χ1v) is 11.7. The number of methoxy groups -OCH3 is 1. The van der Waals surface area contributed by atoms with Gasteiger partial charge in [0.15, 0.2) is 18.1 Å². The van der Waals surface area contributed by atoms with Crippen LogP contribution in [0.25, 0.3) is 0 Å². The van der Waals surface area contributed by atoms with Gasteiger partial charge in [0.1, 0.15) is 0 Å². The molecule has 0 bridgehead atoms. The van der Waals surface area contributed by atoms with Crippen LogP contribution in [0.15, 0.2) is 65.8 Å². The molecule has 3 N–H and O–H groups in total. The molecule has 0 atom stereocenters. The van der Waals surface area contributed by atoms with Crippen molar-refractivity contribution in [1.29, 1.82) is 0 Å². The summed E-state index contributed by atoms with van der Waals surface area (Å²) in [5, 5.41) is 9.27. The molecule has 0 heterocycles. The number of hydrogen-bond donors (Lipinski definition) is 3. The molecule has 3 aromatic rings. The lowest BCUT2D eigenvalue weighted by Crippen LogP contribution is -2.32. The lowest BCUT2D eigenvalue weighted by atomic mass is 10.1. The summed E-state index contributed by atoms with van der Waals surface area (Å²) >= 11 is 0. The molecule has 3 amide bonds. The Balaban J connectivity index is 1.55. The van der Waals surface area contributed by atoms with E-state index < -0.39 is 11.8 Å². The second kappa shape index (κ2) is 12.9. The van der Waals surface area contributed by atoms with Gasteiger partial charge in [-0.1, -0.05) is 37.3 Å². The number of nitrogens with zero attached hydrogens (tertiary/aromatic N) is 1. The van der Waals surface area contributed by atoms with Crippen molar-refractivity contribution in [3.05, 3.63) is 82.9 Å². The molecular formula is C28H30N4O5. The number of hydrogen-bond acceptors (Lipinski definition) is 6. The Morgan fingerprint density at radius 1 is 0.892 bits per heavy atom. The van der Waals surface area contributed by atoms with E-state index in [1.165, 1.54) is 13.3 Å². The molecule has 192 valence electrons. The topological polar surface area (TPSA) is 118 Å². The van der Waals surface area contributed by atoms with Crippen LogP contribution in [-0.2, 0) is 20.8 Å². The van der Waals surface area contributed by atoms with Crippen molar-refractivity contribution in [2.45, 2.75) is 27.2 Å². The van der Waals surface area contributed by atoms with Crippen molar-refractivity contribution in [3.8, 4) is 11.5 Å². The first-order valence-electron chi connectivity index (χ1n) is 11.7. The minimum absolute atomic E-state index is 0.205. The van der Waals surface area contributed by atoms with Gasteiger partial charge in [-0.05, 0) is 72.9 Å². The van der Waals surface area contributed by atoms with Crippen molar-refractivity contribution in [2.24, 2.45) is 5.10 Å². The standard InChI is InChI=1S/C28H30N4O5/c1-5-21-10-6-7-11-23(21)31-27(34)28(35)32-29-16-20-13-14-24(25(15-20)36-4)37-17-26(33)30-22-12-8-9-18(2)19(22)3/h6-16H,5,17H2,1-4H3,(H,30,33)(H,31,34)(H,32,35)/b29-16-. The fraction of sp³-hybridized carbons (Fsp3) is 0.214. The van der Waals surface area contributed by atoms with Gasteiger partial charge in [0.2, 0.25) is 0 Å². The van der Waals surface area contributed by atoms with Crippen LogP contribution < -0.4 is 25.5 Å². The molecule has 9 heteroatoms. The summed E-state index contributed by atoms with van der Waals surface area (Å²) in [6, 6.07) is 17.9. The number of para-hydroxylation sites is 1. The third-order valence-corrected chi connectivity index (χ3v) is 5.66. The van der Waals surface area contributed by atoms with Gasteiger partial charge in [-0.2, -0.15) is 5.10 Å². The molecule has 0 radical (unpaired) electrons. The highest BCUT2D eigenvalue weighted by atomic mass is 16.5. The Hall–Kier alpha value is -4.66. The first kappa shape index (κ1) is 26.9. The maximum absolute atomic E-state index is 12.4. The second-order valence-electron chi connectivity index (χ2n) is 8.16. The smallest absolute Gasteiger partial charge is 0.329 e. The van der Waals surface area contributed by atoms with Crippen LogP contribution in [0, 0.1) is 13.8 Å². The summed E-state index contributed by atoms with van der Waals surface area (Å²) in [5.41, 5.74) is 7.10. The molecular weight excluding hydrogens is 472 g/mol. The van der Waals surface area contributed by atoms with Crippen LogP contribution in [0.3, 0.4) is 0 Å². The molecule has 37 heavy (non-hydrogen) atoms. The van der Waals surface area contributed by atoms with E-state index >= 15 is 0 Å². The molecule has 0 spiro atoms. The molecule has 3 rings (SSSR count). The van der Waals surface area contributed by atoms with Gasteiger partial charge in [-0.15, -0.1) is 0 Å². The third-order valence-electron chi connectivity index (χ3n) is 5.66. The third kappa shape index (κ3) is 7.41. The molecule has 0 aliphatic rings. The van der Waals surface area contributed by atoms with E-state index in [1.54, 1.807) is 30.3 Å². The number of hydrazone groups is 1. The molecule has 0 saturated carbocycles. The normalized spacial score (nSPS) is 10.6. The van der Waals surface area contributed by atoms with Crippen LogP contribution >= 0.6 is 0 Å². The van der Waals surface area contributed by atoms with E-state index in [4.69, 9.17) is 9.47 Å². The van der Waals surface area contributed by atoms with Crippen molar-refractivity contribution < 1.29 is 23.9 Å². The van der Waals surface area contributed by atoms with Crippen LogP contribution in [-0.4, -0.2) is 37.7 Å². The Bertz CT molecular complexity index is 1320. The minimum Gasteiger partial charge on any atom is -0.493 e. The number of anilines is 2. The molecule has 3 aromatic carbocycles. The maximum Gasteiger partial charge on any atom is 0.329 e. The first-order chi connectivity index (χ1) is 17.8. The zero-order valence-corrected chi connectivity index (χ0v) is 21.3. The average Bonchev–Trinajstić information content (AvgIpc) is 2.90. The molecule has 9 nitrogen and oxygen atoms in total. The van der Waals surface area contributed by atoms with Gasteiger partial charge in [-0.3, -0.25) is 14.4 Å². The highest BCUT2D eigenvalue weighted by Gasteiger charge is 2.14. The fourth-order valence-corrected chi connectivity index (χ4v) is 3.45. The summed E-state index contributed by atoms with van der Waals surface area (Å²) in [6.45, 7) is 5.67. The quantitative estimate of drug-likeness (QED) is 0.232. The Morgan fingerprint density at radius 3 is 2.41 bits per heavy atom. The van der Waals surface area contributed by atoms with Crippen molar-refractivity contribution in [2.75, 3.05) is 24.4 Å². The predicted octanol–water partition coefficient (Wildman–Crippen LogP) is 3.98. The number of aryl methyl sites for hydroxylation is 2. The van der Waals surface area contributed by atoms with Crippen molar-refractivity contribution in [3.63, 3.8) is 0 Å². The Morgan fingerprint density at radius 2 is 1.65 bits per heavy atom. The number of benzene rings is 3. The van der Waals surface area contributed by atoms with Crippen LogP contribution in [0.2, 0.25) is 0 Å². The average molecular weight is 503 g/mol. The van der Waals surface area contributed by atoms with E-state index in [2.05, 4.69) is 21.2 Å². The number of nitrogens with one attached hydrogen (secondary N) is 3. The molecule has 0 unspecified atom stereocenters. The van der Waals surface area contributed by atoms with Gasteiger partial charge in [0.05, 0.1) is 13.3 Å². The summed E-state index contributed by atoms with van der Waals surface area (Å²) in [6.07, 6.45) is 2.08. The summed E-state index contributed by atoms with van der Waals surface area (Å²) in [7, 11) is 1.47. The maximum atomic E-state index is 12.4. The second-order valence-corrected chi connectivity index (χ2v) is 8.16. The molecule has 0 fully saturated rings. The molecule has 0 aliphatic heterocycles. The van der Waals surface area contributed by atoms with E-state index in [-0.39, 0.29) is 12.5 Å². The lowest BCUT2D eigenvalue weighted by Gasteiger charge is -2.13. The van der Waals surface area contributed by atoms with Crippen LogP contribution in [0.4, 0.5) is 11.4 Å². The van der Waals surface area contributed by atoms with Crippen LogP contribution in [0.1, 0.15) is 29.2 Å². The summed E-state index contributed by atoms with van der Waals surface area (Å²) in [4.78, 5) is 36.7. The van der Waals surface area contributed by atoms with Gasteiger partial charge < -0.3 is 20.1 Å². The SMILES string of the molecule is CCc1ccccc1NC(=O)C(=O)N/N=C\c1ccc(OCC(=O)Nc2cccc(C)c2C)c(OC)c1. The fourth-order valence-electron chi connectivity index (χ4n) is 3.45. The lowest BCUT2D eigenvalue weighted by molar-refractivity contribution is -0.136. The largest absolute Gasteiger partial charge is 0.493 e. The number of rotatable bonds is 9. The van der Waals surface area contributed by atoms with Gasteiger partial charge in [0.25, 0.3) is 5.91 Å².